The molecule has 2 nitrogen and oxygen atoms in total. The fourth-order valence-corrected chi connectivity index (χ4v) is 2.90. The molecule has 0 radical (unpaired) electrons. The van der Waals surface area contributed by atoms with Gasteiger partial charge < -0.3 is 5.32 Å². The number of hydrogen-bond acceptors (Lipinski definition) is 2. The highest BCUT2D eigenvalue weighted by atomic mass is 32.1. The third-order valence-corrected chi connectivity index (χ3v) is 4.31. The highest BCUT2D eigenvalue weighted by molar-refractivity contribution is 7.11. The molecule has 110 valence electrons. The molecule has 0 saturated heterocycles. The van der Waals surface area contributed by atoms with E-state index in [1.807, 2.05) is 17.5 Å². The molecule has 1 aromatic heterocycles. The van der Waals surface area contributed by atoms with Crippen LogP contribution in [0.25, 0.3) is 6.08 Å². The predicted octanol–water partition coefficient (Wildman–Crippen LogP) is 4.21. The molecule has 0 fully saturated rings. The average Bonchev–Trinajstić information content (AvgIpc) is 2.91. The number of rotatable bonds is 7. The normalized spacial score (nSPS) is 10.9. The Morgan fingerprint density at radius 2 is 2.00 bits per heavy atom. The monoisotopic (exact) mass is 299 g/mol. The highest BCUT2D eigenvalue weighted by Crippen LogP contribution is 2.16. The van der Waals surface area contributed by atoms with E-state index in [-0.39, 0.29) is 5.91 Å². The topological polar surface area (TPSA) is 29.1 Å². The maximum atomic E-state index is 11.7. The number of aryl methyl sites for hydroxylation is 2. The van der Waals surface area contributed by atoms with E-state index in [2.05, 4.69) is 42.6 Å². The molecule has 2 rings (SSSR count). The van der Waals surface area contributed by atoms with Crippen molar-refractivity contribution in [2.24, 2.45) is 0 Å². The van der Waals surface area contributed by atoms with Crippen LogP contribution in [-0.4, -0.2) is 12.5 Å². The molecular formula is C18H21NOS. The number of amides is 1. The lowest BCUT2D eigenvalue weighted by Gasteiger charge is -2.03. The average molecular weight is 299 g/mol. The van der Waals surface area contributed by atoms with Gasteiger partial charge in [0.25, 0.3) is 0 Å². The molecule has 1 N–H and O–H groups in total. The molecule has 0 spiro atoms. The minimum absolute atomic E-state index is 0.0116. The molecule has 0 aliphatic carbocycles. The van der Waals surface area contributed by atoms with Crippen LogP contribution in [0.4, 0.5) is 0 Å². The van der Waals surface area contributed by atoms with E-state index in [1.54, 1.807) is 17.4 Å². The SMILES string of the molecule is Cc1ccsc1/C=C/C(=O)NCCCCc1ccccc1. The van der Waals surface area contributed by atoms with E-state index in [1.165, 1.54) is 11.1 Å². The van der Waals surface area contributed by atoms with Crippen LogP contribution in [0.2, 0.25) is 0 Å². The first kappa shape index (κ1) is 15.5. The van der Waals surface area contributed by atoms with Crippen molar-refractivity contribution in [3.8, 4) is 0 Å². The van der Waals surface area contributed by atoms with Crippen LogP contribution in [0.5, 0.6) is 0 Å². The Labute approximate surface area is 130 Å². The minimum Gasteiger partial charge on any atom is -0.353 e. The van der Waals surface area contributed by atoms with Gasteiger partial charge in [-0.25, -0.2) is 0 Å². The molecule has 0 saturated carbocycles. The van der Waals surface area contributed by atoms with Crippen LogP contribution < -0.4 is 5.32 Å². The summed E-state index contributed by atoms with van der Waals surface area (Å²) in [7, 11) is 0. The van der Waals surface area contributed by atoms with Crippen molar-refractivity contribution in [3.63, 3.8) is 0 Å². The van der Waals surface area contributed by atoms with Gasteiger partial charge in [0.05, 0.1) is 0 Å². The van der Waals surface area contributed by atoms with Crippen LogP contribution >= 0.6 is 11.3 Å². The van der Waals surface area contributed by atoms with Gasteiger partial charge in [-0.3, -0.25) is 4.79 Å². The molecular weight excluding hydrogens is 278 g/mol. The standard InChI is InChI=1S/C18H21NOS/c1-15-12-14-21-17(15)10-11-18(20)19-13-6-5-9-16-7-3-2-4-8-16/h2-4,7-8,10-12,14H,5-6,9,13H2,1H3,(H,19,20)/b11-10+. The van der Waals surface area contributed by atoms with Crippen LogP contribution in [-0.2, 0) is 11.2 Å². The summed E-state index contributed by atoms with van der Waals surface area (Å²) in [5, 5.41) is 4.97. The summed E-state index contributed by atoms with van der Waals surface area (Å²) in [6, 6.07) is 12.5. The Kier molecular flexibility index (Phi) is 6.22. The lowest BCUT2D eigenvalue weighted by Crippen LogP contribution is -2.22. The van der Waals surface area contributed by atoms with E-state index in [9.17, 15) is 4.79 Å². The molecule has 0 aliphatic rings. The summed E-state index contributed by atoms with van der Waals surface area (Å²) in [5.41, 5.74) is 2.57. The number of nitrogens with one attached hydrogen (secondary N) is 1. The maximum Gasteiger partial charge on any atom is 0.244 e. The third-order valence-electron chi connectivity index (χ3n) is 3.32. The summed E-state index contributed by atoms with van der Waals surface area (Å²) in [5.74, 6) is -0.0116. The molecule has 21 heavy (non-hydrogen) atoms. The number of unbranched alkanes of at least 4 members (excludes halogenated alkanes) is 1. The second-order valence-corrected chi connectivity index (χ2v) is 5.98. The van der Waals surface area contributed by atoms with Crippen molar-refractivity contribution < 1.29 is 4.79 Å². The first-order valence-corrected chi connectivity index (χ1v) is 8.17. The molecule has 1 heterocycles. The molecule has 3 heteroatoms. The van der Waals surface area contributed by atoms with Gasteiger partial charge in [-0.1, -0.05) is 30.3 Å². The van der Waals surface area contributed by atoms with Crippen molar-refractivity contribution in [2.45, 2.75) is 26.2 Å². The van der Waals surface area contributed by atoms with Crippen molar-refractivity contribution in [2.75, 3.05) is 6.54 Å². The Bertz CT molecular complexity index is 586. The van der Waals surface area contributed by atoms with Gasteiger partial charge in [-0.2, -0.15) is 0 Å². The molecule has 2 aromatic rings. The summed E-state index contributed by atoms with van der Waals surface area (Å²) < 4.78 is 0. The molecule has 1 amide bonds. The predicted molar refractivity (Wildman–Crippen MR) is 90.5 cm³/mol. The Morgan fingerprint density at radius 1 is 1.19 bits per heavy atom. The van der Waals surface area contributed by atoms with Crippen LogP contribution in [0, 0.1) is 6.92 Å². The van der Waals surface area contributed by atoms with E-state index in [4.69, 9.17) is 0 Å². The van der Waals surface area contributed by atoms with Crippen molar-refractivity contribution in [1.82, 2.24) is 5.32 Å². The van der Waals surface area contributed by atoms with Gasteiger partial charge >= 0.3 is 0 Å². The zero-order valence-electron chi connectivity index (χ0n) is 12.3. The smallest absolute Gasteiger partial charge is 0.244 e. The first-order valence-electron chi connectivity index (χ1n) is 7.29. The van der Waals surface area contributed by atoms with E-state index >= 15 is 0 Å². The Hall–Kier alpha value is -1.87. The van der Waals surface area contributed by atoms with Crippen molar-refractivity contribution >= 4 is 23.3 Å². The fourth-order valence-electron chi connectivity index (χ4n) is 2.08. The van der Waals surface area contributed by atoms with Crippen LogP contribution in [0.15, 0.2) is 47.9 Å². The number of carbonyl (C=O) groups is 1. The number of hydrogen-bond donors (Lipinski definition) is 1. The Morgan fingerprint density at radius 3 is 2.71 bits per heavy atom. The Balaban J connectivity index is 1.61. The zero-order valence-corrected chi connectivity index (χ0v) is 13.2. The van der Waals surface area contributed by atoms with Crippen molar-refractivity contribution in [3.05, 3.63) is 63.9 Å². The second kappa shape index (κ2) is 8.42. The van der Waals surface area contributed by atoms with E-state index in [0.29, 0.717) is 0 Å². The summed E-state index contributed by atoms with van der Waals surface area (Å²) >= 11 is 1.65. The lowest BCUT2D eigenvalue weighted by molar-refractivity contribution is -0.116. The largest absolute Gasteiger partial charge is 0.353 e. The summed E-state index contributed by atoms with van der Waals surface area (Å²) in [4.78, 5) is 12.8. The lowest BCUT2D eigenvalue weighted by atomic mass is 10.1. The van der Waals surface area contributed by atoms with Gasteiger partial charge in [0.15, 0.2) is 0 Å². The van der Waals surface area contributed by atoms with E-state index in [0.717, 1.165) is 30.7 Å². The van der Waals surface area contributed by atoms with Gasteiger partial charge in [0, 0.05) is 17.5 Å². The quantitative estimate of drug-likeness (QED) is 0.602. The number of carbonyl (C=O) groups excluding carboxylic acids is 1. The van der Waals surface area contributed by atoms with Crippen LogP contribution in [0.3, 0.4) is 0 Å². The van der Waals surface area contributed by atoms with Gasteiger partial charge in [-0.15, -0.1) is 11.3 Å². The number of benzene rings is 1. The third kappa shape index (κ3) is 5.56. The fraction of sp³-hybridized carbons (Fsp3) is 0.278. The highest BCUT2D eigenvalue weighted by Gasteiger charge is 1.98. The molecule has 0 atom stereocenters. The van der Waals surface area contributed by atoms with Crippen LogP contribution in [0.1, 0.15) is 28.8 Å². The maximum absolute atomic E-state index is 11.7. The van der Waals surface area contributed by atoms with Gasteiger partial charge in [0.1, 0.15) is 0 Å². The zero-order chi connectivity index (χ0) is 14.9. The molecule has 0 unspecified atom stereocenters. The van der Waals surface area contributed by atoms with Gasteiger partial charge in [0.2, 0.25) is 5.91 Å². The molecule has 0 bridgehead atoms. The van der Waals surface area contributed by atoms with Gasteiger partial charge in [-0.05, 0) is 54.8 Å². The van der Waals surface area contributed by atoms with E-state index < -0.39 is 0 Å². The summed E-state index contributed by atoms with van der Waals surface area (Å²) in [6.45, 7) is 2.79. The summed E-state index contributed by atoms with van der Waals surface area (Å²) in [6.07, 6.45) is 6.68. The molecule has 1 aromatic carbocycles. The number of thiophene rings is 1. The first-order chi connectivity index (χ1) is 10.3. The minimum atomic E-state index is -0.0116. The molecule has 0 aliphatic heterocycles. The van der Waals surface area contributed by atoms with Crippen molar-refractivity contribution in [1.29, 1.82) is 0 Å². The second-order valence-electron chi connectivity index (χ2n) is 5.03.